The summed E-state index contributed by atoms with van der Waals surface area (Å²) in [6.07, 6.45) is 6.63. The first-order valence-corrected chi connectivity index (χ1v) is 7.66. The van der Waals surface area contributed by atoms with Crippen LogP contribution in [0, 0.1) is 5.92 Å². The summed E-state index contributed by atoms with van der Waals surface area (Å²) in [5, 5.41) is 0. The molecule has 0 amide bonds. The van der Waals surface area contributed by atoms with Gasteiger partial charge >= 0.3 is 0 Å². The van der Waals surface area contributed by atoms with Crippen molar-refractivity contribution in [2.45, 2.75) is 58.1 Å². The van der Waals surface area contributed by atoms with Crippen molar-refractivity contribution >= 4 is 0 Å². The van der Waals surface area contributed by atoms with E-state index in [0.29, 0.717) is 18.6 Å². The minimum absolute atomic E-state index is 0.0000302. The number of aryl methyl sites for hydroxylation is 1. The lowest BCUT2D eigenvalue weighted by Crippen LogP contribution is -2.29. The standard InChI is InChI=1S/C17H27NO/c1-3-14-8-10-15(11-9-14)16(18)12-19-17-7-5-4-6-13(17)2/h8-11,13,16-17H,3-7,12,18H2,1-2H3. The van der Waals surface area contributed by atoms with E-state index in [1.807, 2.05) is 0 Å². The van der Waals surface area contributed by atoms with Crippen LogP contribution in [0.5, 0.6) is 0 Å². The van der Waals surface area contributed by atoms with Gasteiger partial charge in [-0.2, -0.15) is 0 Å². The molecule has 3 unspecified atom stereocenters. The van der Waals surface area contributed by atoms with Gasteiger partial charge in [-0.05, 0) is 36.3 Å². The first-order valence-electron chi connectivity index (χ1n) is 7.66. The topological polar surface area (TPSA) is 35.2 Å². The Labute approximate surface area is 117 Å². The molecule has 1 aromatic rings. The lowest BCUT2D eigenvalue weighted by molar-refractivity contribution is -0.0113. The summed E-state index contributed by atoms with van der Waals surface area (Å²) < 4.78 is 6.04. The zero-order chi connectivity index (χ0) is 13.7. The maximum atomic E-state index is 6.22. The molecule has 1 aliphatic carbocycles. The third-order valence-electron chi connectivity index (χ3n) is 4.34. The maximum Gasteiger partial charge on any atom is 0.0663 e. The zero-order valence-electron chi connectivity index (χ0n) is 12.3. The smallest absolute Gasteiger partial charge is 0.0663 e. The highest BCUT2D eigenvalue weighted by Crippen LogP contribution is 2.27. The van der Waals surface area contributed by atoms with Crippen LogP contribution in [0.1, 0.15) is 56.7 Å². The Balaban J connectivity index is 1.84. The van der Waals surface area contributed by atoms with Crippen LogP contribution in [0.15, 0.2) is 24.3 Å². The molecule has 0 saturated heterocycles. The molecule has 1 fully saturated rings. The van der Waals surface area contributed by atoms with Crippen molar-refractivity contribution in [3.8, 4) is 0 Å². The lowest BCUT2D eigenvalue weighted by atomic mass is 9.88. The minimum Gasteiger partial charge on any atom is -0.376 e. The van der Waals surface area contributed by atoms with Crippen molar-refractivity contribution in [2.75, 3.05) is 6.61 Å². The van der Waals surface area contributed by atoms with Crippen LogP contribution in [0.2, 0.25) is 0 Å². The van der Waals surface area contributed by atoms with Crippen molar-refractivity contribution in [1.29, 1.82) is 0 Å². The first-order chi connectivity index (χ1) is 9.20. The van der Waals surface area contributed by atoms with Crippen molar-refractivity contribution in [1.82, 2.24) is 0 Å². The number of ether oxygens (including phenoxy) is 1. The average molecular weight is 261 g/mol. The summed E-state index contributed by atoms with van der Waals surface area (Å²) in [5.74, 6) is 0.684. The van der Waals surface area contributed by atoms with E-state index in [1.165, 1.54) is 36.8 Å². The summed E-state index contributed by atoms with van der Waals surface area (Å²) >= 11 is 0. The Hall–Kier alpha value is -0.860. The molecule has 1 saturated carbocycles. The van der Waals surface area contributed by atoms with Gasteiger partial charge in [-0.1, -0.05) is 51.0 Å². The molecule has 2 heteroatoms. The van der Waals surface area contributed by atoms with Crippen LogP contribution in [-0.2, 0) is 11.2 Å². The second kappa shape index (κ2) is 7.06. The third kappa shape index (κ3) is 4.05. The number of hydrogen-bond acceptors (Lipinski definition) is 2. The molecule has 0 radical (unpaired) electrons. The van der Waals surface area contributed by atoms with E-state index in [-0.39, 0.29) is 6.04 Å². The summed E-state index contributed by atoms with van der Waals surface area (Å²) in [4.78, 5) is 0. The highest BCUT2D eigenvalue weighted by atomic mass is 16.5. The second-order valence-electron chi connectivity index (χ2n) is 5.84. The Morgan fingerprint density at radius 3 is 2.53 bits per heavy atom. The van der Waals surface area contributed by atoms with Gasteiger partial charge < -0.3 is 10.5 Å². The summed E-state index contributed by atoms with van der Waals surface area (Å²) in [5.41, 5.74) is 8.76. The van der Waals surface area contributed by atoms with Crippen molar-refractivity contribution in [3.05, 3.63) is 35.4 Å². The quantitative estimate of drug-likeness (QED) is 0.874. The predicted octanol–water partition coefficient (Wildman–Crippen LogP) is 3.84. The SMILES string of the molecule is CCc1ccc(C(N)COC2CCCCC2C)cc1. The predicted molar refractivity (Wildman–Crippen MR) is 80.1 cm³/mol. The van der Waals surface area contributed by atoms with Gasteiger partial charge in [0.15, 0.2) is 0 Å². The molecular weight excluding hydrogens is 234 g/mol. The van der Waals surface area contributed by atoms with Gasteiger partial charge in [0.2, 0.25) is 0 Å². The largest absolute Gasteiger partial charge is 0.376 e. The molecule has 19 heavy (non-hydrogen) atoms. The van der Waals surface area contributed by atoms with E-state index in [2.05, 4.69) is 38.1 Å². The number of hydrogen-bond donors (Lipinski definition) is 1. The molecule has 0 heterocycles. The average Bonchev–Trinajstić information content (AvgIpc) is 2.46. The highest BCUT2D eigenvalue weighted by Gasteiger charge is 2.22. The van der Waals surface area contributed by atoms with E-state index in [1.54, 1.807) is 0 Å². The van der Waals surface area contributed by atoms with Gasteiger partial charge in [0.05, 0.1) is 18.8 Å². The van der Waals surface area contributed by atoms with Gasteiger partial charge in [-0.15, -0.1) is 0 Å². The summed E-state index contributed by atoms with van der Waals surface area (Å²) in [7, 11) is 0. The third-order valence-corrected chi connectivity index (χ3v) is 4.34. The zero-order valence-corrected chi connectivity index (χ0v) is 12.3. The lowest BCUT2D eigenvalue weighted by Gasteiger charge is -2.29. The van der Waals surface area contributed by atoms with Gasteiger partial charge in [0, 0.05) is 0 Å². The Kier molecular flexibility index (Phi) is 5.41. The van der Waals surface area contributed by atoms with E-state index in [0.717, 1.165) is 6.42 Å². The monoisotopic (exact) mass is 261 g/mol. The Morgan fingerprint density at radius 1 is 1.21 bits per heavy atom. The number of nitrogens with two attached hydrogens (primary N) is 1. The van der Waals surface area contributed by atoms with Gasteiger partial charge in [0.1, 0.15) is 0 Å². The molecule has 1 aromatic carbocycles. The molecule has 2 rings (SSSR count). The van der Waals surface area contributed by atoms with Gasteiger partial charge in [0.25, 0.3) is 0 Å². The fraction of sp³-hybridized carbons (Fsp3) is 0.647. The Morgan fingerprint density at radius 2 is 1.89 bits per heavy atom. The number of benzene rings is 1. The molecule has 2 N–H and O–H groups in total. The van der Waals surface area contributed by atoms with Crippen LogP contribution in [0.25, 0.3) is 0 Å². The van der Waals surface area contributed by atoms with E-state index < -0.39 is 0 Å². The highest BCUT2D eigenvalue weighted by molar-refractivity contribution is 5.24. The molecule has 0 aromatic heterocycles. The van der Waals surface area contributed by atoms with Crippen molar-refractivity contribution in [3.63, 3.8) is 0 Å². The van der Waals surface area contributed by atoms with Crippen molar-refractivity contribution < 1.29 is 4.74 Å². The molecule has 0 spiro atoms. The first kappa shape index (κ1) is 14.5. The fourth-order valence-corrected chi connectivity index (χ4v) is 2.85. The molecule has 0 bridgehead atoms. The number of rotatable bonds is 5. The van der Waals surface area contributed by atoms with Crippen molar-refractivity contribution in [2.24, 2.45) is 11.7 Å². The molecule has 106 valence electrons. The molecule has 2 nitrogen and oxygen atoms in total. The van der Waals surface area contributed by atoms with Crippen LogP contribution >= 0.6 is 0 Å². The maximum absolute atomic E-state index is 6.22. The molecular formula is C17H27NO. The Bertz CT molecular complexity index is 373. The van der Waals surface area contributed by atoms with Gasteiger partial charge in [-0.25, -0.2) is 0 Å². The molecule has 1 aliphatic rings. The van der Waals surface area contributed by atoms with Crippen LogP contribution in [0.3, 0.4) is 0 Å². The minimum atomic E-state index is 0.0000302. The van der Waals surface area contributed by atoms with E-state index >= 15 is 0 Å². The van der Waals surface area contributed by atoms with Gasteiger partial charge in [-0.3, -0.25) is 0 Å². The fourth-order valence-electron chi connectivity index (χ4n) is 2.85. The van der Waals surface area contributed by atoms with Crippen LogP contribution < -0.4 is 5.73 Å². The normalized spacial score (nSPS) is 25.2. The second-order valence-corrected chi connectivity index (χ2v) is 5.84. The van der Waals surface area contributed by atoms with E-state index in [4.69, 9.17) is 10.5 Å². The summed E-state index contributed by atoms with van der Waals surface area (Å²) in [6.45, 7) is 5.11. The summed E-state index contributed by atoms with van der Waals surface area (Å²) in [6, 6.07) is 8.60. The molecule has 0 aliphatic heterocycles. The van der Waals surface area contributed by atoms with E-state index in [9.17, 15) is 0 Å². The van der Waals surface area contributed by atoms with Crippen LogP contribution in [-0.4, -0.2) is 12.7 Å². The molecule has 3 atom stereocenters. The van der Waals surface area contributed by atoms with Crippen LogP contribution in [0.4, 0.5) is 0 Å².